The van der Waals surface area contributed by atoms with Crippen LogP contribution in [0.25, 0.3) is 0 Å². The summed E-state index contributed by atoms with van der Waals surface area (Å²) in [5.74, 6) is 1.59. The number of ether oxygens (including phenoxy) is 1. The van der Waals surface area contributed by atoms with Gasteiger partial charge in [0.25, 0.3) is 0 Å². The molecule has 0 unspecified atom stereocenters. The van der Waals surface area contributed by atoms with E-state index in [2.05, 4.69) is 17.4 Å². The Morgan fingerprint density at radius 2 is 1.85 bits per heavy atom. The van der Waals surface area contributed by atoms with E-state index in [0.717, 1.165) is 23.5 Å². The minimum absolute atomic E-state index is 0.0720. The summed E-state index contributed by atoms with van der Waals surface area (Å²) in [4.78, 5) is 22.9. The van der Waals surface area contributed by atoms with Crippen molar-refractivity contribution < 1.29 is 14.3 Å². The van der Waals surface area contributed by atoms with Crippen LogP contribution < -0.4 is 15.8 Å². The van der Waals surface area contributed by atoms with E-state index in [1.165, 1.54) is 5.56 Å². The third kappa shape index (κ3) is 6.44. The zero-order valence-electron chi connectivity index (χ0n) is 15.1. The maximum atomic E-state index is 11.9. The average molecular weight is 372 g/mol. The van der Waals surface area contributed by atoms with Crippen molar-refractivity contribution >= 4 is 29.3 Å². The minimum atomic E-state index is -0.485. The lowest BCUT2D eigenvalue weighted by Gasteiger charge is -2.10. The van der Waals surface area contributed by atoms with Gasteiger partial charge in [-0.2, -0.15) is 11.8 Å². The number of hydrogen-bond acceptors (Lipinski definition) is 4. The summed E-state index contributed by atoms with van der Waals surface area (Å²) in [6.45, 7) is 4.71. The van der Waals surface area contributed by atoms with E-state index in [9.17, 15) is 9.59 Å². The Kier molecular flexibility index (Phi) is 7.53. The molecular weight excluding hydrogens is 348 g/mol. The van der Waals surface area contributed by atoms with E-state index in [0.29, 0.717) is 23.6 Å². The fraction of sp³-hybridized carbons (Fsp3) is 0.300. The van der Waals surface area contributed by atoms with Crippen molar-refractivity contribution in [2.24, 2.45) is 5.73 Å². The van der Waals surface area contributed by atoms with Crippen LogP contribution in [-0.4, -0.2) is 29.9 Å². The van der Waals surface area contributed by atoms with Crippen LogP contribution in [0.1, 0.15) is 27.9 Å². The zero-order valence-corrected chi connectivity index (χ0v) is 15.9. The molecule has 0 aliphatic heterocycles. The lowest BCUT2D eigenvalue weighted by molar-refractivity contribution is -0.113. The smallest absolute Gasteiger partial charge is 0.248 e. The number of nitrogens with one attached hydrogen (secondary N) is 1. The Morgan fingerprint density at radius 1 is 1.12 bits per heavy atom. The zero-order chi connectivity index (χ0) is 18.9. The molecule has 0 aromatic heterocycles. The number of carbonyl (C=O) groups excluding carboxylic acids is 2. The highest BCUT2D eigenvalue weighted by Crippen LogP contribution is 2.19. The fourth-order valence-corrected chi connectivity index (χ4v) is 3.01. The van der Waals surface area contributed by atoms with Gasteiger partial charge in [-0.1, -0.05) is 12.1 Å². The SMILES string of the molecule is Cc1ccc(C)c(OCCCSCC(=O)Nc2ccc(C(N)=O)cc2)c1. The first-order chi connectivity index (χ1) is 12.5. The standard InChI is InChI=1S/C20H24N2O3S/c1-14-4-5-15(2)18(12-14)25-10-3-11-26-13-19(23)22-17-8-6-16(7-9-17)20(21)24/h4-9,12H,3,10-11,13H2,1-2H3,(H2,21,24)(H,22,23). The van der Waals surface area contributed by atoms with Gasteiger partial charge in [0.05, 0.1) is 12.4 Å². The number of thioether (sulfide) groups is 1. The molecule has 2 amide bonds. The second kappa shape index (κ2) is 9.87. The molecule has 5 nitrogen and oxygen atoms in total. The number of aryl methyl sites for hydroxylation is 2. The van der Waals surface area contributed by atoms with Gasteiger partial charge in [0.1, 0.15) is 5.75 Å². The van der Waals surface area contributed by atoms with Crippen molar-refractivity contribution in [2.45, 2.75) is 20.3 Å². The molecule has 0 saturated carbocycles. The molecule has 0 saturated heterocycles. The predicted octanol–water partition coefficient (Wildman–Crippen LogP) is 3.54. The summed E-state index contributed by atoms with van der Waals surface area (Å²) in [5.41, 5.74) is 8.56. The third-order valence-electron chi connectivity index (χ3n) is 3.72. The van der Waals surface area contributed by atoms with Gasteiger partial charge in [-0.25, -0.2) is 0 Å². The van der Waals surface area contributed by atoms with Crippen LogP contribution >= 0.6 is 11.8 Å². The van der Waals surface area contributed by atoms with Crippen LogP contribution in [0.2, 0.25) is 0 Å². The molecule has 0 atom stereocenters. The molecule has 0 heterocycles. The number of carbonyl (C=O) groups is 2. The molecule has 2 aromatic rings. The van der Waals surface area contributed by atoms with Gasteiger partial charge in [0.2, 0.25) is 11.8 Å². The van der Waals surface area contributed by atoms with Gasteiger partial charge < -0.3 is 15.8 Å². The fourth-order valence-electron chi connectivity index (χ4n) is 2.29. The van der Waals surface area contributed by atoms with Gasteiger partial charge in [0, 0.05) is 11.3 Å². The number of nitrogens with two attached hydrogens (primary N) is 1. The number of amides is 2. The number of rotatable bonds is 9. The first kappa shape index (κ1) is 19.8. The van der Waals surface area contributed by atoms with E-state index in [1.54, 1.807) is 36.0 Å². The van der Waals surface area contributed by atoms with Crippen LogP contribution in [0.5, 0.6) is 5.75 Å². The molecule has 0 radical (unpaired) electrons. The van der Waals surface area contributed by atoms with Crippen LogP contribution in [0.3, 0.4) is 0 Å². The first-order valence-electron chi connectivity index (χ1n) is 8.43. The highest BCUT2D eigenvalue weighted by Gasteiger charge is 2.05. The van der Waals surface area contributed by atoms with E-state index in [-0.39, 0.29) is 5.91 Å². The topological polar surface area (TPSA) is 81.4 Å². The average Bonchev–Trinajstić information content (AvgIpc) is 2.61. The van der Waals surface area contributed by atoms with Crippen LogP contribution in [-0.2, 0) is 4.79 Å². The third-order valence-corrected chi connectivity index (χ3v) is 4.76. The first-order valence-corrected chi connectivity index (χ1v) is 9.58. The molecule has 0 spiro atoms. The molecule has 0 fully saturated rings. The molecular formula is C20H24N2O3S. The Hall–Kier alpha value is -2.47. The van der Waals surface area contributed by atoms with Crippen molar-refractivity contribution in [3.05, 3.63) is 59.2 Å². The second-order valence-corrected chi connectivity index (χ2v) is 7.12. The maximum absolute atomic E-state index is 11.9. The number of primary amides is 1. The van der Waals surface area contributed by atoms with Crippen LogP contribution in [0, 0.1) is 13.8 Å². The lowest BCUT2D eigenvalue weighted by atomic mass is 10.1. The van der Waals surface area contributed by atoms with Crippen molar-refractivity contribution in [3.8, 4) is 5.75 Å². The highest BCUT2D eigenvalue weighted by atomic mass is 32.2. The number of anilines is 1. The van der Waals surface area contributed by atoms with Crippen molar-refractivity contribution in [1.29, 1.82) is 0 Å². The number of benzene rings is 2. The van der Waals surface area contributed by atoms with Crippen molar-refractivity contribution in [3.63, 3.8) is 0 Å². The van der Waals surface area contributed by atoms with Gasteiger partial charge in [-0.15, -0.1) is 0 Å². The van der Waals surface area contributed by atoms with E-state index < -0.39 is 5.91 Å². The molecule has 6 heteroatoms. The molecule has 0 aliphatic carbocycles. The maximum Gasteiger partial charge on any atom is 0.248 e. The largest absolute Gasteiger partial charge is 0.493 e. The molecule has 2 aromatic carbocycles. The molecule has 0 aliphatic rings. The van der Waals surface area contributed by atoms with Gasteiger partial charge in [-0.05, 0) is 67.5 Å². The highest BCUT2D eigenvalue weighted by molar-refractivity contribution is 7.99. The molecule has 138 valence electrons. The van der Waals surface area contributed by atoms with Crippen molar-refractivity contribution in [1.82, 2.24) is 0 Å². The summed E-state index contributed by atoms with van der Waals surface area (Å²) >= 11 is 1.56. The summed E-state index contributed by atoms with van der Waals surface area (Å²) < 4.78 is 5.80. The summed E-state index contributed by atoms with van der Waals surface area (Å²) in [5, 5.41) is 2.80. The quantitative estimate of drug-likeness (QED) is 0.660. The van der Waals surface area contributed by atoms with E-state index in [4.69, 9.17) is 10.5 Å². The lowest BCUT2D eigenvalue weighted by Crippen LogP contribution is -2.15. The normalized spacial score (nSPS) is 10.4. The van der Waals surface area contributed by atoms with Crippen LogP contribution in [0.15, 0.2) is 42.5 Å². The Balaban J connectivity index is 1.62. The molecule has 3 N–H and O–H groups in total. The van der Waals surface area contributed by atoms with Gasteiger partial charge in [0.15, 0.2) is 0 Å². The predicted molar refractivity (Wildman–Crippen MR) is 107 cm³/mol. The molecule has 0 bridgehead atoms. The minimum Gasteiger partial charge on any atom is -0.493 e. The van der Waals surface area contributed by atoms with Gasteiger partial charge >= 0.3 is 0 Å². The monoisotopic (exact) mass is 372 g/mol. The summed E-state index contributed by atoms with van der Waals surface area (Å²) in [7, 11) is 0. The van der Waals surface area contributed by atoms with E-state index in [1.807, 2.05) is 19.9 Å². The number of hydrogen-bond donors (Lipinski definition) is 2. The van der Waals surface area contributed by atoms with Crippen molar-refractivity contribution in [2.75, 3.05) is 23.4 Å². The Labute approximate surface area is 158 Å². The summed E-state index contributed by atoms with van der Waals surface area (Å²) in [6.07, 6.45) is 0.874. The summed E-state index contributed by atoms with van der Waals surface area (Å²) in [6, 6.07) is 12.7. The Bertz CT molecular complexity index is 760. The second-order valence-electron chi connectivity index (χ2n) is 6.01. The van der Waals surface area contributed by atoms with E-state index >= 15 is 0 Å². The molecule has 2 rings (SSSR count). The Morgan fingerprint density at radius 3 is 2.54 bits per heavy atom. The van der Waals surface area contributed by atoms with Gasteiger partial charge in [-0.3, -0.25) is 9.59 Å². The molecule has 26 heavy (non-hydrogen) atoms. The van der Waals surface area contributed by atoms with Crippen LogP contribution in [0.4, 0.5) is 5.69 Å².